The van der Waals surface area contributed by atoms with Crippen molar-refractivity contribution in [2.75, 3.05) is 46.6 Å². The topological polar surface area (TPSA) is 250 Å². The van der Waals surface area contributed by atoms with Gasteiger partial charge in [-0.3, -0.25) is 14.4 Å². The number of fused-ring (bicyclic) bond motifs is 4. The van der Waals surface area contributed by atoms with Gasteiger partial charge in [-0.15, -0.1) is 0 Å². The molecule has 19 nitrogen and oxygen atoms in total. The maximum Gasteiger partial charge on any atom is 0.229 e. The predicted molar refractivity (Wildman–Crippen MR) is 306 cm³/mol. The van der Waals surface area contributed by atoms with Gasteiger partial charge in [0.15, 0.2) is 34.0 Å². The largest absolute Gasteiger partial charge is 0.390 e. The number of rotatable bonds is 20. The van der Waals surface area contributed by atoms with Crippen LogP contribution < -0.4 is 20.4 Å². The smallest absolute Gasteiger partial charge is 0.229 e. The van der Waals surface area contributed by atoms with Crippen LogP contribution >= 0.6 is 0 Å². The van der Waals surface area contributed by atoms with Crippen molar-refractivity contribution in [1.29, 1.82) is 0 Å². The first kappa shape index (κ1) is 53.2. The normalized spacial score (nSPS) is 25.0. The highest BCUT2D eigenvalue weighted by atomic mass is 16.3. The minimum atomic E-state index is -1.12. The van der Waals surface area contributed by atoms with Gasteiger partial charge in [0.2, 0.25) is 11.9 Å². The van der Waals surface area contributed by atoms with E-state index in [1.165, 1.54) is 0 Å². The summed E-state index contributed by atoms with van der Waals surface area (Å²) in [6.45, 7) is 7.00. The number of carbonyl (C=O) groups excluding carboxylic acids is 3. The Kier molecular flexibility index (Phi) is 15.0. The lowest BCUT2D eigenvalue weighted by molar-refractivity contribution is -0.121. The van der Waals surface area contributed by atoms with Crippen LogP contribution in [0.3, 0.4) is 0 Å². The molecule has 80 heavy (non-hydrogen) atoms. The zero-order chi connectivity index (χ0) is 55.2. The van der Waals surface area contributed by atoms with Gasteiger partial charge in [0.25, 0.3) is 0 Å². The summed E-state index contributed by atoms with van der Waals surface area (Å²) in [4.78, 5) is 73.3. The third-order valence-corrected chi connectivity index (χ3v) is 17.7. The third kappa shape index (κ3) is 10.5. The predicted octanol–water partition coefficient (Wildman–Crippen LogP) is 7.50. The second kappa shape index (κ2) is 22.6. The molecule has 0 radical (unpaired) electrons. The summed E-state index contributed by atoms with van der Waals surface area (Å²) in [7, 11) is 0. The number of hydrogen-bond acceptors (Lipinski definition) is 17. The van der Waals surface area contributed by atoms with Gasteiger partial charge in [-0.2, -0.15) is 19.9 Å². The first-order chi connectivity index (χ1) is 38.9. The molecular weight excluding hydrogens is 1010 g/mol. The SMILES string of the molecule is CCC(=O)C[C@H]1C[C@@H](n2cnc3c(NCc4cccc5ccccc45)nc(N4CC[C@@H](CC(=O)C[C@@H]5CCN(c6nc(NCc7cccc8ccccc78)c7ncn([C@@H]8C[C@H](CC(=O)CC)[C@@H](O)[C@H]8O)c7n6)C5)C4)nc32)[C@H](O)[C@@H]1O. The molecule has 4 aromatic carbocycles. The highest BCUT2D eigenvalue weighted by Gasteiger charge is 2.45. The Balaban J connectivity index is 0.754. The third-order valence-electron chi connectivity index (χ3n) is 17.7. The van der Waals surface area contributed by atoms with Crippen LogP contribution in [0.15, 0.2) is 97.6 Å². The van der Waals surface area contributed by atoms with E-state index in [0.717, 1.165) is 45.5 Å². The molecule has 2 saturated heterocycles. The Hall–Kier alpha value is -7.45. The lowest BCUT2D eigenvalue weighted by Gasteiger charge is -2.21. The fourth-order valence-electron chi connectivity index (χ4n) is 13.2. The molecule has 6 N–H and O–H groups in total. The molecule has 0 spiro atoms. The molecule has 2 saturated carbocycles. The van der Waals surface area contributed by atoms with Crippen molar-refractivity contribution in [3.05, 3.63) is 109 Å². The van der Waals surface area contributed by atoms with Crippen LogP contribution in [0.5, 0.6) is 0 Å². The number of benzene rings is 4. The summed E-state index contributed by atoms with van der Waals surface area (Å²) in [5, 5.41) is 56.7. The van der Waals surface area contributed by atoms with E-state index < -0.39 is 48.3 Å². The summed E-state index contributed by atoms with van der Waals surface area (Å²) in [6.07, 6.45) is 3.22. The van der Waals surface area contributed by atoms with Gasteiger partial charge in [0.05, 0.1) is 36.9 Å². The number of nitrogens with one attached hydrogen (secondary N) is 2. The molecule has 0 amide bonds. The molecule has 10 atom stereocenters. The molecule has 2 aliphatic carbocycles. The average Bonchev–Trinajstić information content (AvgIpc) is 4.40. The molecule has 0 bridgehead atoms. The lowest BCUT2D eigenvalue weighted by atomic mass is 9.94. The van der Waals surface area contributed by atoms with E-state index in [1.54, 1.807) is 12.7 Å². The number of aromatic nitrogens is 8. The van der Waals surface area contributed by atoms with E-state index in [1.807, 2.05) is 59.4 Å². The van der Waals surface area contributed by atoms with Gasteiger partial charge in [0.1, 0.15) is 29.6 Å². The van der Waals surface area contributed by atoms with Crippen molar-refractivity contribution in [3.8, 4) is 0 Å². The Morgan fingerprint density at radius 2 is 0.950 bits per heavy atom. The van der Waals surface area contributed by atoms with Gasteiger partial charge in [0, 0.05) is 77.8 Å². The number of hydrogen-bond donors (Lipinski definition) is 6. The van der Waals surface area contributed by atoms with Crippen molar-refractivity contribution in [3.63, 3.8) is 0 Å². The number of Topliss-reactive ketones (excluding diaryl/α,β-unsaturated/α-hetero) is 3. The molecule has 4 fully saturated rings. The van der Waals surface area contributed by atoms with Crippen LogP contribution in [0.1, 0.15) is 101 Å². The van der Waals surface area contributed by atoms with Gasteiger partial charge in [-0.25, -0.2) is 9.97 Å². The quantitative estimate of drug-likeness (QED) is 0.0432. The molecule has 12 rings (SSSR count). The van der Waals surface area contributed by atoms with Gasteiger partial charge >= 0.3 is 0 Å². The molecular formula is C61H70N12O7. The minimum absolute atomic E-state index is 0.0419. The number of nitrogens with zero attached hydrogens (tertiary/aromatic N) is 10. The van der Waals surface area contributed by atoms with Crippen molar-refractivity contribution >= 4 is 84.8 Å². The Bertz CT molecular complexity index is 3360. The van der Waals surface area contributed by atoms with Crippen LogP contribution in [0.2, 0.25) is 0 Å². The van der Waals surface area contributed by atoms with Crippen molar-refractivity contribution < 1.29 is 34.8 Å². The van der Waals surface area contributed by atoms with Crippen LogP contribution in [-0.4, -0.2) is 127 Å². The monoisotopic (exact) mass is 1080 g/mol. The molecule has 4 aromatic heterocycles. The van der Waals surface area contributed by atoms with Crippen molar-refractivity contribution in [2.45, 2.75) is 128 Å². The fraction of sp³-hybridized carbons (Fsp3) is 0.459. The molecule has 0 unspecified atom stereocenters. The number of aliphatic hydroxyl groups is 4. The fourth-order valence-corrected chi connectivity index (χ4v) is 13.2. The van der Waals surface area contributed by atoms with Gasteiger partial charge in [-0.05, 0) is 82.0 Å². The van der Waals surface area contributed by atoms with E-state index >= 15 is 0 Å². The van der Waals surface area contributed by atoms with Crippen LogP contribution in [0.4, 0.5) is 23.5 Å². The summed E-state index contributed by atoms with van der Waals surface area (Å²) < 4.78 is 3.66. The molecule has 6 heterocycles. The summed E-state index contributed by atoms with van der Waals surface area (Å²) in [6, 6.07) is 27.8. The number of imidazole rings is 2. The molecule has 4 aliphatic rings. The van der Waals surface area contributed by atoms with E-state index in [9.17, 15) is 34.8 Å². The van der Waals surface area contributed by atoms with E-state index in [2.05, 4.69) is 69.0 Å². The zero-order valence-corrected chi connectivity index (χ0v) is 45.3. The Morgan fingerprint density at radius 1 is 0.525 bits per heavy atom. The van der Waals surface area contributed by atoms with E-state index in [-0.39, 0.29) is 42.0 Å². The highest BCUT2D eigenvalue weighted by Crippen LogP contribution is 2.42. The number of anilines is 4. The maximum absolute atomic E-state index is 14.1. The van der Waals surface area contributed by atoms with Gasteiger partial charge in [-0.1, -0.05) is 98.8 Å². The summed E-state index contributed by atoms with van der Waals surface area (Å²) >= 11 is 0. The number of carbonyl (C=O) groups is 3. The second-order valence-electron chi connectivity index (χ2n) is 22.8. The van der Waals surface area contributed by atoms with Crippen LogP contribution in [0.25, 0.3) is 43.9 Å². The summed E-state index contributed by atoms with van der Waals surface area (Å²) in [5.74, 6) is 1.69. The van der Waals surface area contributed by atoms with Crippen molar-refractivity contribution in [1.82, 2.24) is 39.0 Å². The zero-order valence-electron chi connectivity index (χ0n) is 45.3. The maximum atomic E-state index is 14.1. The Morgan fingerprint density at radius 3 is 1.39 bits per heavy atom. The van der Waals surface area contributed by atoms with Crippen LogP contribution in [0, 0.1) is 23.7 Å². The van der Waals surface area contributed by atoms with Crippen molar-refractivity contribution in [2.24, 2.45) is 23.7 Å². The number of ketones is 3. The van der Waals surface area contributed by atoms with Gasteiger partial charge < -0.3 is 50.0 Å². The number of aliphatic hydroxyl groups excluding tert-OH is 4. The lowest BCUT2D eigenvalue weighted by Crippen LogP contribution is -2.30. The second-order valence-corrected chi connectivity index (χ2v) is 22.8. The van der Waals surface area contributed by atoms with E-state index in [0.29, 0.717) is 124 Å². The first-order valence-electron chi connectivity index (χ1n) is 28.6. The molecule has 416 valence electrons. The minimum Gasteiger partial charge on any atom is -0.390 e. The Labute approximate surface area is 463 Å². The standard InChI is InChI=1S/C61H70N12O7/c1-3-43(74)25-41-27-48(54(79)52(41)77)72-33-64-50-56(62-29-39-15-9-13-37-11-5-7-17-46(37)39)66-60(68-58(50)72)70-21-19-35(31-70)23-45(76)24-36-20-22-71(32-36)61-67-57(63-30-40-16-10-14-38-12-6-8-18-47(38)40)51-59(69-61)73(34-65-51)49-28-42(26-44(75)4-2)53(78)55(49)80/h5-18,33-36,41-42,48-49,52-55,77-80H,3-4,19-32H2,1-2H3,(H,62,66,68)(H,63,67,69)/t35-,36-,41-,42-,48+,49+,52+,53+,54-,55-/m0/s1. The molecule has 8 aromatic rings. The average molecular weight is 1080 g/mol. The van der Waals surface area contributed by atoms with Crippen LogP contribution in [-0.2, 0) is 27.5 Å². The van der Waals surface area contributed by atoms with E-state index in [4.69, 9.17) is 29.9 Å². The highest BCUT2D eigenvalue weighted by molar-refractivity contribution is 5.89. The first-order valence-corrected chi connectivity index (χ1v) is 28.6. The molecule has 19 heteroatoms. The summed E-state index contributed by atoms with van der Waals surface area (Å²) in [5.41, 5.74) is 4.28. The molecule has 2 aliphatic heterocycles.